The van der Waals surface area contributed by atoms with E-state index in [-0.39, 0.29) is 36.7 Å². The summed E-state index contributed by atoms with van der Waals surface area (Å²) in [4.78, 5) is 4.32. The number of hydrogen-bond acceptors (Lipinski definition) is 7. The Morgan fingerprint density at radius 1 is 1.30 bits per heavy atom. The maximum absolute atomic E-state index is 9.67. The molecule has 2 aliphatic rings. The lowest BCUT2D eigenvalue weighted by molar-refractivity contribution is 0.140. The van der Waals surface area contributed by atoms with Gasteiger partial charge in [-0.15, -0.1) is 0 Å². The number of fused-ring (bicyclic) bond motifs is 2. The molecule has 1 heterocycles. The first-order chi connectivity index (χ1) is 11.0. The van der Waals surface area contributed by atoms with Crippen molar-refractivity contribution in [3.8, 4) is 23.3 Å². The van der Waals surface area contributed by atoms with Gasteiger partial charge in [-0.1, -0.05) is 0 Å². The average molecular weight is 315 g/mol. The number of aliphatic hydroxyl groups is 1. The molecule has 0 fully saturated rings. The molecule has 0 bridgehead atoms. The second kappa shape index (κ2) is 5.82. The molecule has 7 nitrogen and oxygen atoms in total. The van der Waals surface area contributed by atoms with Gasteiger partial charge < -0.3 is 25.8 Å². The van der Waals surface area contributed by atoms with Crippen LogP contribution in [0.1, 0.15) is 12.0 Å². The second-order valence-electron chi connectivity index (χ2n) is 5.62. The van der Waals surface area contributed by atoms with Crippen molar-refractivity contribution >= 4 is 5.71 Å². The Kier molecular flexibility index (Phi) is 3.84. The van der Waals surface area contributed by atoms with Crippen molar-refractivity contribution in [2.24, 2.45) is 16.6 Å². The molecule has 1 aliphatic heterocycles. The van der Waals surface area contributed by atoms with Crippen LogP contribution in [0, 0.1) is 17.2 Å². The number of phenols is 2. The van der Waals surface area contributed by atoms with Gasteiger partial charge in [0.2, 0.25) is 0 Å². The van der Waals surface area contributed by atoms with Gasteiger partial charge in [-0.25, -0.2) is 0 Å². The number of allylic oxidation sites excluding steroid dienone is 1. The van der Waals surface area contributed by atoms with Crippen molar-refractivity contribution in [1.82, 2.24) is 0 Å². The highest BCUT2D eigenvalue weighted by Crippen LogP contribution is 2.42. The van der Waals surface area contributed by atoms with Gasteiger partial charge in [-0.05, 0) is 18.1 Å². The van der Waals surface area contributed by atoms with Gasteiger partial charge in [-0.2, -0.15) is 5.26 Å². The number of aliphatic imine (C=N–C) groups is 1. The number of nitrogens with two attached hydrogens (primary N) is 1. The maximum Gasteiger partial charge on any atom is 0.161 e. The Morgan fingerprint density at radius 3 is 2.74 bits per heavy atom. The van der Waals surface area contributed by atoms with Gasteiger partial charge in [0.15, 0.2) is 11.5 Å². The van der Waals surface area contributed by atoms with Crippen molar-refractivity contribution in [3.63, 3.8) is 0 Å². The molecule has 1 aromatic carbocycles. The molecule has 120 valence electrons. The Bertz CT molecular complexity index is 748. The van der Waals surface area contributed by atoms with Crippen LogP contribution in [0.4, 0.5) is 0 Å². The molecule has 23 heavy (non-hydrogen) atoms. The zero-order chi connectivity index (χ0) is 16.6. The minimum Gasteiger partial charge on any atom is -0.504 e. The topological polar surface area (TPSA) is 132 Å². The summed E-state index contributed by atoms with van der Waals surface area (Å²) >= 11 is 0. The normalized spacial score (nSPS) is 24.6. The van der Waals surface area contributed by atoms with Crippen LogP contribution in [0.25, 0.3) is 0 Å². The van der Waals surface area contributed by atoms with E-state index >= 15 is 0 Å². The maximum atomic E-state index is 9.67. The molecular formula is C16H17N3O4. The molecule has 5 N–H and O–H groups in total. The quantitative estimate of drug-likeness (QED) is 0.591. The van der Waals surface area contributed by atoms with Crippen molar-refractivity contribution in [2.45, 2.75) is 18.9 Å². The molecule has 3 rings (SSSR count). The lowest BCUT2D eigenvalue weighted by atomic mass is 9.77. The molecule has 0 aromatic heterocycles. The summed E-state index contributed by atoms with van der Waals surface area (Å²) in [5.74, 6) is -0.143. The summed E-state index contributed by atoms with van der Waals surface area (Å²) < 4.78 is 5.91. The minimum atomic E-state index is -0.291. The molecule has 7 heteroatoms. The minimum absolute atomic E-state index is 0.119. The monoisotopic (exact) mass is 315 g/mol. The standard InChI is InChI=1S/C16H17N3O4/c17-7-10-11(18)5-15-9(16(10)19-1-2-20)3-8-4-12(21)13(22)6-14(8)23-15/h4,6,9,15,20-22H,1-3,5,18H2. The lowest BCUT2D eigenvalue weighted by Gasteiger charge is -2.37. The largest absolute Gasteiger partial charge is 0.504 e. The summed E-state index contributed by atoms with van der Waals surface area (Å²) in [6, 6.07) is 4.92. The fourth-order valence-corrected chi connectivity index (χ4v) is 3.10. The van der Waals surface area contributed by atoms with Crippen LogP contribution < -0.4 is 10.5 Å². The van der Waals surface area contributed by atoms with Crippen molar-refractivity contribution in [1.29, 1.82) is 5.26 Å². The van der Waals surface area contributed by atoms with Crippen LogP contribution in [0.3, 0.4) is 0 Å². The van der Waals surface area contributed by atoms with Gasteiger partial charge >= 0.3 is 0 Å². The van der Waals surface area contributed by atoms with Gasteiger partial charge in [-0.3, -0.25) is 4.99 Å². The number of aliphatic hydroxyl groups excluding tert-OH is 1. The summed E-state index contributed by atoms with van der Waals surface area (Å²) in [6.45, 7) is 0.0658. The Morgan fingerprint density at radius 2 is 2.04 bits per heavy atom. The van der Waals surface area contributed by atoms with Crippen LogP contribution >= 0.6 is 0 Å². The van der Waals surface area contributed by atoms with E-state index in [2.05, 4.69) is 11.1 Å². The van der Waals surface area contributed by atoms with Gasteiger partial charge in [0.25, 0.3) is 0 Å². The summed E-state index contributed by atoms with van der Waals surface area (Å²) in [7, 11) is 0. The smallest absolute Gasteiger partial charge is 0.161 e. The molecule has 2 atom stereocenters. The van der Waals surface area contributed by atoms with E-state index in [9.17, 15) is 15.5 Å². The number of aromatic hydroxyl groups is 2. The summed E-state index contributed by atoms with van der Waals surface area (Å²) in [6.07, 6.45) is 0.615. The van der Waals surface area contributed by atoms with Crippen LogP contribution in [0.15, 0.2) is 28.4 Å². The zero-order valence-corrected chi connectivity index (χ0v) is 12.4. The van der Waals surface area contributed by atoms with E-state index in [1.807, 2.05) is 0 Å². The van der Waals surface area contributed by atoms with E-state index < -0.39 is 0 Å². The van der Waals surface area contributed by atoms with Crippen LogP contribution in [0.5, 0.6) is 17.2 Å². The molecule has 2 unspecified atom stereocenters. The molecule has 1 aliphatic carbocycles. The summed E-state index contributed by atoms with van der Waals surface area (Å²) in [5.41, 5.74) is 8.00. The average Bonchev–Trinajstić information content (AvgIpc) is 2.52. The number of nitrogens with zero attached hydrogens (tertiary/aromatic N) is 2. The highest BCUT2D eigenvalue weighted by Gasteiger charge is 2.40. The van der Waals surface area contributed by atoms with Gasteiger partial charge in [0.1, 0.15) is 17.9 Å². The Hall–Kier alpha value is -2.72. The molecule has 0 radical (unpaired) electrons. The van der Waals surface area contributed by atoms with Crippen molar-refractivity contribution in [3.05, 3.63) is 29.0 Å². The predicted octanol–water partition coefficient (Wildman–Crippen LogP) is 0.591. The van der Waals surface area contributed by atoms with Crippen molar-refractivity contribution in [2.75, 3.05) is 13.2 Å². The Labute approximate surface area is 133 Å². The number of rotatable bonds is 2. The van der Waals surface area contributed by atoms with E-state index in [0.717, 1.165) is 5.56 Å². The van der Waals surface area contributed by atoms with Crippen LogP contribution in [-0.4, -0.2) is 40.3 Å². The molecule has 0 amide bonds. The van der Waals surface area contributed by atoms with Crippen LogP contribution in [-0.2, 0) is 6.42 Å². The molecule has 0 saturated heterocycles. The third kappa shape index (κ3) is 2.58. The Balaban J connectivity index is 2.03. The van der Waals surface area contributed by atoms with Crippen molar-refractivity contribution < 1.29 is 20.1 Å². The first-order valence-electron chi connectivity index (χ1n) is 7.31. The highest BCUT2D eigenvalue weighted by atomic mass is 16.5. The molecule has 0 saturated carbocycles. The van der Waals surface area contributed by atoms with Gasteiger partial charge in [0.05, 0.1) is 24.4 Å². The van der Waals surface area contributed by atoms with Crippen LogP contribution in [0.2, 0.25) is 0 Å². The lowest BCUT2D eigenvalue weighted by Crippen LogP contribution is -2.43. The molecule has 1 aromatic rings. The zero-order valence-electron chi connectivity index (χ0n) is 12.4. The van der Waals surface area contributed by atoms with E-state index in [4.69, 9.17) is 15.6 Å². The number of ether oxygens (including phenoxy) is 1. The number of phenolic OH excluding ortho intramolecular Hbond substituents is 2. The first-order valence-corrected chi connectivity index (χ1v) is 7.31. The second-order valence-corrected chi connectivity index (χ2v) is 5.62. The first kappa shape index (κ1) is 15.2. The summed E-state index contributed by atoms with van der Waals surface area (Å²) in [5, 5.41) is 37.6. The fraction of sp³-hybridized carbons (Fsp3) is 0.375. The fourth-order valence-electron chi connectivity index (χ4n) is 3.10. The highest BCUT2D eigenvalue weighted by molar-refractivity contribution is 6.07. The van der Waals surface area contributed by atoms with Gasteiger partial charge in [0, 0.05) is 24.1 Å². The third-order valence-electron chi connectivity index (χ3n) is 4.17. The predicted molar refractivity (Wildman–Crippen MR) is 82.2 cm³/mol. The number of benzene rings is 1. The van der Waals surface area contributed by atoms with E-state index in [0.29, 0.717) is 35.6 Å². The third-order valence-corrected chi connectivity index (χ3v) is 4.17. The number of nitriles is 1. The SMILES string of the molecule is N#CC1=C(N)CC2Oc3cc(O)c(O)cc3CC2C1=NCCO. The number of hydrogen-bond donors (Lipinski definition) is 4. The molecule has 0 spiro atoms. The molecular weight excluding hydrogens is 298 g/mol. The van der Waals surface area contributed by atoms with E-state index in [1.54, 1.807) is 0 Å². The van der Waals surface area contributed by atoms with E-state index in [1.165, 1.54) is 12.1 Å².